The Labute approximate surface area is 64.4 Å². The van der Waals surface area contributed by atoms with Crippen molar-refractivity contribution in [3.8, 4) is 0 Å². The molecule has 9 heavy (non-hydrogen) atoms. The molecule has 1 N–H and O–H groups in total. The second-order valence-electron chi connectivity index (χ2n) is 2.56. The summed E-state index contributed by atoms with van der Waals surface area (Å²) in [5.74, 6) is -0.757. The average molecular weight is 173 g/mol. The third-order valence-electron chi connectivity index (χ3n) is 0.642. The van der Waals surface area contributed by atoms with Gasteiger partial charge in [-0.25, -0.2) is 0 Å². The number of aliphatic carboxylic acids is 1. The zero-order valence-electron chi connectivity index (χ0n) is 5.61. The van der Waals surface area contributed by atoms with Crippen LogP contribution in [-0.2, 0) is 4.79 Å². The van der Waals surface area contributed by atoms with Gasteiger partial charge in [0.25, 0.3) is 0 Å². The van der Waals surface area contributed by atoms with Crippen LogP contribution in [0.2, 0.25) is 0 Å². The van der Waals surface area contributed by atoms with E-state index in [0.29, 0.717) is 0 Å². The Kier molecular flexibility index (Phi) is 6.40. The minimum atomic E-state index is -0.757. The highest BCUT2D eigenvalue weighted by Crippen LogP contribution is 2.11. The van der Waals surface area contributed by atoms with Gasteiger partial charge in [0.2, 0.25) is 0 Å². The molecule has 0 aromatic rings. The zero-order chi connectivity index (χ0) is 8.08. The molecule has 0 saturated heterocycles. The monoisotopic (exact) mass is 172 g/mol. The van der Waals surface area contributed by atoms with Gasteiger partial charge in [-0.3, -0.25) is 4.79 Å². The van der Waals surface area contributed by atoms with Crippen molar-refractivity contribution in [2.45, 2.75) is 20.8 Å². The molecular formula is C5H10Cl2O2. The summed E-state index contributed by atoms with van der Waals surface area (Å²) in [6.45, 7) is 4.99. The molecule has 0 aliphatic carbocycles. The largest absolute Gasteiger partial charge is 0.481 e. The summed E-state index contributed by atoms with van der Waals surface area (Å²) in [5, 5.41) is 8.25. The molecule has 0 amide bonds. The number of hydrogen-bond donors (Lipinski definition) is 1. The molecule has 2 nitrogen and oxygen atoms in total. The topological polar surface area (TPSA) is 37.3 Å². The number of hydrogen-bond acceptors (Lipinski definition) is 1. The summed E-state index contributed by atoms with van der Waals surface area (Å²) in [5.41, 5.74) is -0.583. The number of halogens is 2. The molecular weight excluding hydrogens is 163 g/mol. The fourth-order valence-electron chi connectivity index (χ4n) is 0. The van der Waals surface area contributed by atoms with Gasteiger partial charge in [0.05, 0.1) is 5.41 Å². The predicted octanol–water partition coefficient (Wildman–Crippen LogP) is 2.50. The van der Waals surface area contributed by atoms with E-state index in [2.05, 4.69) is 21.7 Å². The van der Waals surface area contributed by atoms with Crippen molar-refractivity contribution in [3.05, 3.63) is 0 Å². The fourth-order valence-corrected chi connectivity index (χ4v) is 0. The van der Waals surface area contributed by atoms with Crippen molar-refractivity contribution in [3.63, 3.8) is 0 Å². The van der Waals surface area contributed by atoms with Gasteiger partial charge in [-0.15, -0.1) is 0 Å². The average Bonchev–Trinajstić information content (AvgIpc) is 1.69. The van der Waals surface area contributed by atoms with E-state index in [9.17, 15) is 4.79 Å². The van der Waals surface area contributed by atoms with E-state index in [1.807, 2.05) is 0 Å². The van der Waals surface area contributed by atoms with Gasteiger partial charge >= 0.3 is 5.97 Å². The van der Waals surface area contributed by atoms with Crippen LogP contribution in [0.5, 0.6) is 0 Å². The van der Waals surface area contributed by atoms with Crippen LogP contribution in [0.3, 0.4) is 0 Å². The third-order valence-corrected chi connectivity index (χ3v) is 0.642. The lowest BCUT2D eigenvalue weighted by molar-refractivity contribution is -0.145. The lowest BCUT2D eigenvalue weighted by Crippen LogP contribution is -2.18. The van der Waals surface area contributed by atoms with Gasteiger partial charge in [-0.05, 0) is 20.8 Å². The molecule has 0 fully saturated rings. The maximum Gasteiger partial charge on any atom is 0.308 e. The third kappa shape index (κ3) is 8.05. The van der Waals surface area contributed by atoms with Crippen LogP contribution in [0.4, 0.5) is 0 Å². The molecule has 0 spiro atoms. The van der Waals surface area contributed by atoms with Crippen LogP contribution in [0, 0.1) is 5.41 Å². The molecule has 0 aromatic heterocycles. The second kappa shape index (κ2) is 4.89. The number of rotatable bonds is 0. The zero-order valence-corrected chi connectivity index (χ0v) is 7.12. The number of carbonyl (C=O) groups is 1. The first-order valence-electron chi connectivity index (χ1n) is 2.32. The van der Waals surface area contributed by atoms with Gasteiger partial charge in [0.1, 0.15) is 0 Å². The van der Waals surface area contributed by atoms with E-state index in [-0.39, 0.29) is 0 Å². The summed E-state index contributed by atoms with van der Waals surface area (Å²) in [4.78, 5) is 10.0. The molecule has 0 radical (unpaired) electrons. The number of carboxylic acids is 1. The van der Waals surface area contributed by atoms with Gasteiger partial charge in [0.15, 0.2) is 0 Å². The predicted molar refractivity (Wildman–Crippen MR) is 38.8 cm³/mol. The van der Waals surface area contributed by atoms with E-state index in [0.717, 1.165) is 0 Å². The lowest BCUT2D eigenvalue weighted by atomic mass is 9.98. The van der Waals surface area contributed by atoms with E-state index in [4.69, 9.17) is 5.11 Å². The van der Waals surface area contributed by atoms with Crippen molar-refractivity contribution in [1.29, 1.82) is 0 Å². The summed E-state index contributed by atoms with van der Waals surface area (Å²) in [7, 11) is 8.22. The van der Waals surface area contributed by atoms with Gasteiger partial charge < -0.3 is 5.11 Å². The maximum atomic E-state index is 10.0. The van der Waals surface area contributed by atoms with Gasteiger partial charge in [0, 0.05) is 21.7 Å². The van der Waals surface area contributed by atoms with Crippen molar-refractivity contribution in [1.82, 2.24) is 0 Å². The fraction of sp³-hybridized carbons (Fsp3) is 0.800. The molecule has 0 aliphatic heterocycles. The first kappa shape index (κ1) is 11.8. The Morgan fingerprint density at radius 2 is 1.44 bits per heavy atom. The Balaban J connectivity index is 0. The van der Waals surface area contributed by atoms with E-state index >= 15 is 0 Å². The van der Waals surface area contributed by atoms with E-state index in [1.54, 1.807) is 20.8 Å². The summed E-state index contributed by atoms with van der Waals surface area (Å²) < 4.78 is 0. The highest BCUT2D eigenvalue weighted by molar-refractivity contribution is 6.85. The standard InChI is InChI=1S/C5H10O2.Cl2/c1-5(2,3)4(6)7;1-2/h1-3H3,(H,6,7);. The normalized spacial score (nSPS) is 9.44. The van der Waals surface area contributed by atoms with Crippen LogP contribution >= 0.6 is 21.7 Å². The molecule has 0 heterocycles. The van der Waals surface area contributed by atoms with Crippen molar-refractivity contribution in [2.24, 2.45) is 5.41 Å². The van der Waals surface area contributed by atoms with Gasteiger partial charge in [-0.2, -0.15) is 0 Å². The summed E-state index contributed by atoms with van der Waals surface area (Å²) >= 11 is 0. The first-order valence-corrected chi connectivity index (χ1v) is 3.46. The van der Waals surface area contributed by atoms with Crippen LogP contribution in [0.1, 0.15) is 20.8 Å². The molecule has 0 rings (SSSR count). The van der Waals surface area contributed by atoms with Crippen molar-refractivity contribution >= 4 is 27.7 Å². The number of carboxylic acid groups (broad SMARTS) is 1. The SMILES string of the molecule is CC(C)(C)C(=O)O.ClCl. The van der Waals surface area contributed by atoms with Crippen molar-refractivity contribution < 1.29 is 9.90 Å². The molecule has 0 aromatic carbocycles. The smallest absolute Gasteiger partial charge is 0.308 e. The molecule has 0 aliphatic rings. The minimum absolute atomic E-state index is 0.583. The molecule has 0 atom stereocenters. The van der Waals surface area contributed by atoms with Crippen LogP contribution < -0.4 is 0 Å². The van der Waals surface area contributed by atoms with Crippen molar-refractivity contribution in [2.75, 3.05) is 0 Å². The Bertz CT molecular complexity index is 85.4. The first-order chi connectivity index (χ1) is 3.94. The molecule has 56 valence electrons. The second-order valence-corrected chi connectivity index (χ2v) is 2.56. The lowest BCUT2D eigenvalue weighted by Gasteiger charge is -2.08. The van der Waals surface area contributed by atoms with Gasteiger partial charge in [-0.1, -0.05) is 0 Å². The molecule has 0 saturated carbocycles. The van der Waals surface area contributed by atoms with Crippen LogP contribution in [0.25, 0.3) is 0 Å². The van der Waals surface area contributed by atoms with Crippen LogP contribution in [0.15, 0.2) is 0 Å². The quantitative estimate of drug-likeness (QED) is 0.610. The Morgan fingerprint density at radius 3 is 1.44 bits per heavy atom. The molecule has 0 unspecified atom stereocenters. The van der Waals surface area contributed by atoms with E-state index in [1.165, 1.54) is 0 Å². The highest BCUT2D eigenvalue weighted by Gasteiger charge is 2.18. The summed E-state index contributed by atoms with van der Waals surface area (Å²) in [6, 6.07) is 0. The Hall–Kier alpha value is 0.0500. The molecule has 0 bridgehead atoms. The molecule has 4 heteroatoms. The minimum Gasteiger partial charge on any atom is -0.481 e. The maximum absolute atomic E-state index is 10.0. The summed E-state index contributed by atoms with van der Waals surface area (Å²) in [6.07, 6.45) is 0. The van der Waals surface area contributed by atoms with Crippen LogP contribution in [-0.4, -0.2) is 11.1 Å². The Morgan fingerprint density at radius 1 is 1.33 bits per heavy atom. The highest BCUT2D eigenvalue weighted by atomic mass is 36.5. The van der Waals surface area contributed by atoms with E-state index < -0.39 is 11.4 Å².